The minimum Gasteiger partial charge on any atom is -0.493 e. The highest BCUT2D eigenvalue weighted by molar-refractivity contribution is 5.95. The number of ether oxygens (including phenoxy) is 2. The molecule has 2 rings (SSSR count). The summed E-state index contributed by atoms with van der Waals surface area (Å²) < 4.78 is 34.5. The van der Waals surface area contributed by atoms with Gasteiger partial charge in [0.25, 0.3) is 0 Å². The number of anilines is 1. The van der Waals surface area contributed by atoms with E-state index in [1.54, 1.807) is 12.1 Å². The van der Waals surface area contributed by atoms with Gasteiger partial charge in [0.15, 0.2) is 11.5 Å². The number of amides is 1. The molecule has 0 aliphatic carbocycles. The van der Waals surface area contributed by atoms with Crippen LogP contribution in [0.15, 0.2) is 30.3 Å². The third kappa shape index (κ3) is 5.90. The zero-order chi connectivity index (χ0) is 21.7. The van der Waals surface area contributed by atoms with Gasteiger partial charge in [-0.3, -0.25) is 9.69 Å². The minimum atomic E-state index is -2.92. The van der Waals surface area contributed by atoms with Crippen LogP contribution in [0, 0.1) is 20.8 Å². The molecule has 0 aromatic heterocycles. The highest BCUT2D eigenvalue weighted by Gasteiger charge is 2.20. The van der Waals surface area contributed by atoms with Crippen LogP contribution in [-0.2, 0) is 11.3 Å². The summed E-state index contributed by atoms with van der Waals surface area (Å²) in [6.45, 7) is 5.30. The summed E-state index contributed by atoms with van der Waals surface area (Å²) in [5.74, 6) is 0.0800. The molecule has 0 saturated carbocycles. The van der Waals surface area contributed by atoms with Gasteiger partial charge >= 0.3 is 6.61 Å². The number of methoxy groups -OCH3 is 1. The SMILES string of the molecule is COc1cc(CN(C)[C@@H](C)C(=O)Nc2c(C)cc(C)cc2C)ccc1OC(F)F. The zero-order valence-electron chi connectivity index (χ0n) is 17.7. The quantitative estimate of drug-likeness (QED) is 0.692. The summed E-state index contributed by atoms with van der Waals surface area (Å²) >= 11 is 0. The fraction of sp³-hybridized carbons (Fsp3) is 0.409. The molecule has 0 radical (unpaired) electrons. The summed E-state index contributed by atoms with van der Waals surface area (Å²) in [5.41, 5.74) is 4.83. The number of hydrogen-bond donors (Lipinski definition) is 1. The van der Waals surface area contributed by atoms with Crippen LogP contribution in [0.5, 0.6) is 11.5 Å². The van der Waals surface area contributed by atoms with E-state index >= 15 is 0 Å². The van der Waals surface area contributed by atoms with Crippen molar-refractivity contribution in [3.8, 4) is 11.5 Å². The molecule has 0 aliphatic heterocycles. The Labute approximate surface area is 170 Å². The largest absolute Gasteiger partial charge is 0.493 e. The lowest BCUT2D eigenvalue weighted by atomic mass is 10.0. The maximum absolute atomic E-state index is 12.8. The number of benzene rings is 2. The topological polar surface area (TPSA) is 50.8 Å². The van der Waals surface area contributed by atoms with Gasteiger partial charge in [-0.2, -0.15) is 8.78 Å². The molecule has 158 valence electrons. The predicted octanol–water partition coefficient (Wildman–Crippen LogP) is 4.68. The zero-order valence-corrected chi connectivity index (χ0v) is 17.7. The fourth-order valence-electron chi connectivity index (χ4n) is 3.23. The van der Waals surface area contributed by atoms with Crippen molar-refractivity contribution in [3.05, 3.63) is 52.6 Å². The van der Waals surface area contributed by atoms with Gasteiger partial charge in [0.1, 0.15) is 0 Å². The molecule has 1 N–H and O–H groups in total. The van der Waals surface area contributed by atoms with Crippen LogP contribution in [0.25, 0.3) is 0 Å². The second kappa shape index (κ2) is 9.69. The molecule has 5 nitrogen and oxygen atoms in total. The van der Waals surface area contributed by atoms with Gasteiger partial charge in [-0.15, -0.1) is 0 Å². The molecule has 2 aromatic rings. The van der Waals surface area contributed by atoms with Crippen molar-refractivity contribution in [2.24, 2.45) is 0 Å². The normalized spacial score (nSPS) is 12.2. The van der Waals surface area contributed by atoms with Crippen molar-refractivity contribution in [1.29, 1.82) is 0 Å². The number of halogens is 2. The van der Waals surface area contributed by atoms with Gasteiger partial charge in [-0.1, -0.05) is 23.8 Å². The third-order valence-corrected chi connectivity index (χ3v) is 4.84. The van der Waals surface area contributed by atoms with Crippen molar-refractivity contribution in [2.75, 3.05) is 19.5 Å². The molecule has 29 heavy (non-hydrogen) atoms. The predicted molar refractivity (Wildman–Crippen MR) is 110 cm³/mol. The lowest BCUT2D eigenvalue weighted by molar-refractivity contribution is -0.120. The summed E-state index contributed by atoms with van der Waals surface area (Å²) in [6.07, 6.45) is 0. The van der Waals surface area contributed by atoms with Crippen LogP contribution >= 0.6 is 0 Å². The summed E-state index contributed by atoms with van der Waals surface area (Å²) in [7, 11) is 3.22. The average molecular weight is 406 g/mol. The number of aryl methyl sites for hydroxylation is 3. The van der Waals surface area contributed by atoms with E-state index in [0.29, 0.717) is 6.54 Å². The van der Waals surface area contributed by atoms with E-state index in [1.165, 1.54) is 13.2 Å². The standard InChI is InChI=1S/C22H28F2N2O3/c1-13-9-14(2)20(15(3)10-13)25-21(27)16(4)26(5)12-17-7-8-18(29-22(23)24)19(11-17)28-6/h7-11,16,22H,12H2,1-6H3,(H,25,27)/t16-/m0/s1. The molecule has 1 atom stereocenters. The van der Waals surface area contributed by atoms with Crippen LogP contribution in [-0.4, -0.2) is 37.6 Å². The van der Waals surface area contributed by atoms with E-state index in [4.69, 9.17) is 4.74 Å². The molecule has 0 fully saturated rings. The van der Waals surface area contributed by atoms with Gasteiger partial charge in [0.05, 0.1) is 13.2 Å². The number of nitrogens with zero attached hydrogens (tertiary/aromatic N) is 1. The van der Waals surface area contributed by atoms with Crippen molar-refractivity contribution >= 4 is 11.6 Å². The third-order valence-electron chi connectivity index (χ3n) is 4.84. The highest BCUT2D eigenvalue weighted by Crippen LogP contribution is 2.30. The Bertz CT molecular complexity index is 848. The van der Waals surface area contributed by atoms with E-state index in [1.807, 2.05) is 51.8 Å². The van der Waals surface area contributed by atoms with Crippen LogP contribution in [0.2, 0.25) is 0 Å². The van der Waals surface area contributed by atoms with Crippen molar-refractivity contribution in [3.63, 3.8) is 0 Å². The van der Waals surface area contributed by atoms with E-state index < -0.39 is 12.7 Å². The number of nitrogens with one attached hydrogen (secondary N) is 1. The Balaban J connectivity index is 2.08. The smallest absolute Gasteiger partial charge is 0.387 e. The lowest BCUT2D eigenvalue weighted by Gasteiger charge is -2.25. The number of alkyl halides is 2. The molecule has 0 heterocycles. The molecule has 0 bridgehead atoms. The number of rotatable bonds is 8. The van der Waals surface area contributed by atoms with Crippen LogP contribution in [0.4, 0.5) is 14.5 Å². The maximum atomic E-state index is 12.8. The molecular formula is C22H28F2N2O3. The van der Waals surface area contributed by atoms with Gasteiger partial charge in [0, 0.05) is 12.2 Å². The molecule has 0 aliphatic rings. The van der Waals surface area contributed by atoms with E-state index in [0.717, 1.165) is 27.9 Å². The molecule has 0 saturated heterocycles. The average Bonchev–Trinajstić information content (AvgIpc) is 2.64. The van der Waals surface area contributed by atoms with Crippen molar-refractivity contribution < 1.29 is 23.0 Å². The summed E-state index contributed by atoms with van der Waals surface area (Å²) in [5, 5.41) is 3.02. The van der Waals surface area contributed by atoms with Gasteiger partial charge in [-0.05, 0) is 63.6 Å². The van der Waals surface area contributed by atoms with E-state index in [2.05, 4.69) is 10.1 Å². The Kier molecular flexibility index (Phi) is 7.56. The van der Waals surface area contributed by atoms with Crippen LogP contribution < -0.4 is 14.8 Å². The van der Waals surface area contributed by atoms with Crippen LogP contribution in [0.1, 0.15) is 29.2 Å². The maximum Gasteiger partial charge on any atom is 0.387 e. The first-order valence-corrected chi connectivity index (χ1v) is 9.33. The lowest BCUT2D eigenvalue weighted by Crippen LogP contribution is -2.39. The molecule has 1 amide bonds. The Morgan fingerprint density at radius 2 is 1.72 bits per heavy atom. The number of carbonyl (C=O) groups is 1. The molecule has 0 spiro atoms. The molecule has 2 aromatic carbocycles. The number of carbonyl (C=O) groups excluding carboxylic acids is 1. The summed E-state index contributed by atoms with van der Waals surface area (Å²) in [6, 6.07) is 8.41. The second-order valence-corrected chi connectivity index (χ2v) is 7.22. The molecule has 0 unspecified atom stereocenters. The van der Waals surface area contributed by atoms with Gasteiger partial charge < -0.3 is 14.8 Å². The summed E-state index contributed by atoms with van der Waals surface area (Å²) in [4.78, 5) is 14.6. The van der Waals surface area contributed by atoms with Crippen molar-refractivity contribution in [2.45, 2.75) is 46.9 Å². The second-order valence-electron chi connectivity index (χ2n) is 7.22. The van der Waals surface area contributed by atoms with E-state index in [9.17, 15) is 13.6 Å². The fourth-order valence-corrected chi connectivity index (χ4v) is 3.23. The molecular weight excluding hydrogens is 378 g/mol. The Hall–Kier alpha value is -2.67. The van der Waals surface area contributed by atoms with Gasteiger partial charge in [-0.25, -0.2) is 0 Å². The number of likely N-dealkylation sites (N-methyl/N-ethyl adjacent to an activating group) is 1. The van der Waals surface area contributed by atoms with Gasteiger partial charge in [0.2, 0.25) is 5.91 Å². The number of hydrogen-bond acceptors (Lipinski definition) is 4. The minimum absolute atomic E-state index is 0.0231. The Morgan fingerprint density at radius 1 is 1.10 bits per heavy atom. The molecule has 7 heteroatoms. The van der Waals surface area contributed by atoms with Crippen molar-refractivity contribution in [1.82, 2.24) is 4.90 Å². The first-order valence-electron chi connectivity index (χ1n) is 9.33. The monoisotopic (exact) mass is 406 g/mol. The Morgan fingerprint density at radius 3 is 2.28 bits per heavy atom. The van der Waals surface area contributed by atoms with E-state index in [-0.39, 0.29) is 17.4 Å². The first-order chi connectivity index (χ1) is 13.6. The highest BCUT2D eigenvalue weighted by atomic mass is 19.3. The first kappa shape index (κ1) is 22.6. The van der Waals surface area contributed by atoms with Crippen LogP contribution in [0.3, 0.4) is 0 Å².